The van der Waals surface area contributed by atoms with Crippen molar-refractivity contribution in [1.82, 2.24) is 0 Å². The highest BCUT2D eigenvalue weighted by Crippen LogP contribution is 2.32. The molecule has 0 aromatic heterocycles. The fraction of sp³-hybridized carbons (Fsp3) is 0.143. The summed E-state index contributed by atoms with van der Waals surface area (Å²) < 4.78 is 39.1. The van der Waals surface area contributed by atoms with Crippen molar-refractivity contribution in [2.75, 3.05) is 29.6 Å². The number of anilines is 3. The fourth-order valence-corrected chi connectivity index (χ4v) is 3.91. The number of alkyl halides is 3. The van der Waals surface area contributed by atoms with Crippen molar-refractivity contribution in [2.24, 2.45) is 0 Å². The standard InChI is InChI=1S/C28H24F3N3O2/c1-34(2)21-15-11-19(12-16-21)22(18-9-13-20(14-10-18)28(29,30)31)5-3-8-26(35)32-24-6-4-7-25-23(24)17-27(36)33-25/h3-16H,17H2,1-2H3,(H,32,35)(H,33,36)/b8-3+,22-5+. The Labute approximate surface area is 206 Å². The molecule has 0 fully saturated rings. The monoisotopic (exact) mass is 491 g/mol. The van der Waals surface area contributed by atoms with Gasteiger partial charge in [0.05, 0.1) is 12.0 Å². The zero-order valence-electron chi connectivity index (χ0n) is 19.7. The molecule has 4 rings (SSSR count). The number of hydrogen-bond donors (Lipinski definition) is 2. The zero-order valence-corrected chi connectivity index (χ0v) is 19.7. The minimum absolute atomic E-state index is 0.133. The van der Waals surface area contributed by atoms with E-state index in [0.717, 1.165) is 28.9 Å². The number of fused-ring (bicyclic) bond motifs is 1. The minimum atomic E-state index is -4.43. The van der Waals surface area contributed by atoms with E-state index in [1.165, 1.54) is 18.2 Å². The first-order chi connectivity index (χ1) is 17.1. The maximum Gasteiger partial charge on any atom is 0.416 e. The molecule has 1 heterocycles. The van der Waals surface area contributed by atoms with Gasteiger partial charge in [-0.25, -0.2) is 0 Å². The van der Waals surface area contributed by atoms with Crippen molar-refractivity contribution < 1.29 is 22.8 Å². The number of benzene rings is 3. The number of carbonyl (C=O) groups is 2. The zero-order chi connectivity index (χ0) is 25.9. The Hall–Kier alpha value is -4.33. The topological polar surface area (TPSA) is 61.4 Å². The lowest BCUT2D eigenvalue weighted by Crippen LogP contribution is -2.09. The number of carbonyl (C=O) groups excluding carboxylic acids is 2. The van der Waals surface area contributed by atoms with Gasteiger partial charge in [0.1, 0.15) is 0 Å². The van der Waals surface area contributed by atoms with E-state index in [4.69, 9.17) is 0 Å². The molecule has 0 bridgehead atoms. The lowest BCUT2D eigenvalue weighted by atomic mass is 9.96. The molecule has 8 heteroatoms. The van der Waals surface area contributed by atoms with E-state index in [1.807, 2.05) is 43.3 Å². The van der Waals surface area contributed by atoms with Gasteiger partial charge < -0.3 is 15.5 Å². The number of amides is 2. The summed E-state index contributed by atoms with van der Waals surface area (Å²) in [6.07, 6.45) is 0.339. The Bertz CT molecular complexity index is 1340. The lowest BCUT2D eigenvalue weighted by molar-refractivity contribution is -0.137. The normalized spacial score (nSPS) is 13.5. The summed E-state index contributed by atoms with van der Waals surface area (Å²) in [6.45, 7) is 0. The molecule has 0 spiro atoms. The Morgan fingerprint density at radius 3 is 2.22 bits per heavy atom. The van der Waals surface area contributed by atoms with Gasteiger partial charge in [0, 0.05) is 42.8 Å². The molecule has 184 valence electrons. The quantitative estimate of drug-likeness (QED) is 0.334. The summed E-state index contributed by atoms with van der Waals surface area (Å²) in [5.74, 6) is -0.527. The highest BCUT2D eigenvalue weighted by atomic mass is 19.4. The molecule has 1 aliphatic rings. The van der Waals surface area contributed by atoms with Crippen LogP contribution in [0.2, 0.25) is 0 Å². The molecule has 5 nitrogen and oxygen atoms in total. The number of allylic oxidation sites excluding steroid dienone is 2. The molecular formula is C28H24F3N3O2. The molecule has 1 aliphatic heterocycles. The predicted molar refractivity (Wildman–Crippen MR) is 136 cm³/mol. The second kappa shape index (κ2) is 10.1. The predicted octanol–water partition coefficient (Wildman–Crippen LogP) is 5.89. The van der Waals surface area contributed by atoms with Gasteiger partial charge in [-0.05, 0) is 53.1 Å². The smallest absolute Gasteiger partial charge is 0.378 e. The molecule has 2 N–H and O–H groups in total. The van der Waals surface area contributed by atoms with Crippen molar-refractivity contribution in [3.8, 4) is 0 Å². The first kappa shape index (κ1) is 24.8. The number of hydrogen-bond acceptors (Lipinski definition) is 3. The van der Waals surface area contributed by atoms with E-state index in [0.29, 0.717) is 22.5 Å². The van der Waals surface area contributed by atoms with Gasteiger partial charge in [-0.15, -0.1) is 0 Å². The summed E-state index contributed by atoms with van der Waals surface area (Å²) in [5.41, 5.74) is 4.22. The fourth-order valence-electron chi connectivity index (χ4n) is 3.91. The molecule has 0 aliphatic carbocycles. The summed E-state index contributed by atoms with van der Waals surface area (Å²) in [4.78, 5) is 26.2. The second-order valence-electron chi connectivity index (χ2n) is 8.50. The third kappa shape index (κ3) is 5.66. The Kier molecular flexibility index (Phi) is 6.96. The van der Waals surface area contributed by atoms with Crippen molar-refractivity contribution in [3.63, 3.8) is 0 Å². The molecule has 0 saturated carbocycles. The highest BCUT2D eigenvalue weighted by Gasteiger charge is 2.30. The van der Waals surface area contributed by atoms with Gasteiger partial charge in [0.15, 0.2) is 0 Å². The van der Waals surface area contributed by atoms with Crippen LogP contribution in [0.4, 0.5) is 30.2 Å². The highest BCUT2D eigenvalue weighted by molar-refractivity contribution is 6.05. The van der Waals surface area contributed by atoms with E-state index in [9.17, 15) is 22.8 Å². The van der Waals surface area contributed by atoms with Crippen molar-refractivity contribution in [1.29, 1.82) is 0 Å². The van der Waals surface area contributed by atoms with Crippen LogP contribution < -0.4 is 15.5 Å². The third-order valence-electron chi connectivity index (χ3n) is 5.77. The Balaban J connectivity index is 1.60. The van der Waals surface area contributed by atoms with Crippen molar-refractivity contribution >= 4 is 34.4 Å². The van der Waals surface area contributed by atoms with Gasteiger partial charge >= 0.3 is 6.18 Å². The minimum Gasteiger partial charge on any atom is -0.378 e. The van der Waals surface area contributed by atoms with Crippen molar-refractivity contribution in [2.45, 2.75) is 12.6 Å². The van der Waals surface area contributed by atoms with Crippen LogP contribution in [0.15, 0.2) is 85.0 Å². The van der Waals surface area contributed by atoms with E-state index in [-0.39, 0.29) is 12.3 Å². The first-order valence-electron chi connectivity index (χ1n) is 11.2. The Morgan fingerprint density at radius 1 is 0.972 bits per heavy atom. The van der Waals surface area contributed by atoms with Crippen LogP contribution in [0.3, 0.4) is 0 Å². The molecule has 3 aromatic carbocycles. The first-order valence-corrected chi connectivity index (χ1v) is 11.2. The summed E-state index contributed by atoms with van der Waals surface area (Å²) in [7, 11) is 3.83. The summed E-state index contributed by atoms with van der Waals surface area (Å²) in [6, 6.07) is 17.7. The van der Waals surface area contributed by atoms with E-state index in [2.05, 4.69) is 10.6 Å². The van der Waals surface area contributed by atoms with Gasteiger partial charge in [0.25, 0.3) is 0 Å². The van der Waals surface area contributed by atoms with E-state index < -0.39 is 17.6 Å². The van der Waals surface area contributed by atoms with E-state index in [1.54, 1.807) is 30.4 Å². The average Bonchev–Trinajstić information content (AvgIpc) is 3.23. The van der Waals surface area contributed by atoms with Gasteiger partial charge in [-0.3, -0.25) is 9.59 Å². The molecular weight excluding hydrogens is 467 g/mol. The molecule has 2 amide bonds. The van der Waals surface area contributed by atoms with Crippen LogP contribution >= 0.6 is 0 Å². The largest absolute Gasteiger partial charge is 0.416 e. The third-order valence-corrected chi connectivity index (χ3v) is 5.77. The van der Waals surface area contributed by atoms with Crippen molar-refractivity contribution in [3.05, 3.63) is 107 Å². The maximum absolute atomic E-state index is 13.0. The number of nitrogens with zero attached hydrogens (tertiary/aromatic N) is 1. The van der Waals surface area contributed by atoms with Gasteiger partial charge in [-0.1, -0.05) is 42.5 Å². The number of rotatable bonds is 6. The summed E-state index contributed by atoms with van der Waals surface area (Å²) >= 11 is 0. The Morgan fingerprint density at radius 2 is 1.61 bits per heavy atom. The van der Waals surface area contributed by atoms with Crippen LogP contribution in [-0.4, -0.2) is 25.9 Å². The lowest BCUT2D eigenvalue weighted by Gasteiger charge is -2.14. The maximum atomic E-state index is 13.0. The SMILES string of the molecule is CN(C)c1ccc(/C(=C/C=C/C(=O)Nc2cccc3c2CC(=O)N3)c2ccc(C(F)(F)F)cc2)cc1. The number of nitrogens with one attached hydrogen (secondary N) is 2. The summed E-state index contributed by atoms with van der Waals surface area (Å²) in [5, 5.41) is 5.52. The number of halogens is 3. The van der Waals surface area contributed by atoms with Crippen LogP contribution in [-0.2, 0) is 22.2 Å². The molecule has 3 aromatic rings. The van der Waals surface area contributed by atoms with Crippen LogP contribution in [0.25, 0.3) is 5.57 Å². The van der Waals surface area contributed by atoms with Crippen LogP contribution in [0, 0.1) is 0 Å². The van der Waals surface area contributed by atoms with Gasteiger partial charge in [-0.2, -0.15) is 13.2 Å². The molecule has 0 radical (unpaired) electrons. The molecule has 0 unspecified atom stereocenters. The van der Waals surface area contributed by atoms with Crippen LogP contribution in [0.1, 0.15) is 22.3 Å². The molecule has 36 heavy (non-hydrogen) atoms. The van der Waals surface area contributed by atoms with Crippen LogP contribution in [0.5, 0.6) is 0 Å². The average molecular weight is 492 g/mol. The van der Waals surface area contributed by atoms with E-state index >= 15 is 0 Å². The molecule has 0 saturated heterocycles. The second-order valence-corrected chi connectivity index (χ2v) is 8.50. The molecule has 0 atom stereocenters. The van der Waals surface area contributed by atoms with Gasteiger partial charge in [0.2, 0.25) is 11.8 Å².